The molecule has 0 aliphatic rings. The number of hydrogen-bond donors (Lipinski definition) is 7. The van der Waals surface area contributed by atoms with E-state index in [4.69, 9.17) is 21.7 Å². The molecule has 0 rings (SSSR count). The number of aliphatic hydroxyl groups excluding tert-OH is 1. The summed E-state index contributed by atoms with van der Waals surface area (Å²) < 4.78 is 0. The molecule has 0 heterocycles. The molecule has 29 heavy (non-hydrogen) atoms. The summed E-state index contributed by atoms with van der Waals surface area (Å²) in [5.74, 6) is -4.20. The van der Waals surface area contributed by atoms with E-state index in [1.165, 1.54) is 6.92 Å². The van der Waals surface area contributed by atoms with Crippen molar-refractivity contribution in [3.05, 3.63) is 0 Å². The third kappa shape index (κ3) is 10.4. The Bertz CT molecular complexity index is 611. The van der Waals surface area contributed by atoms with Gasteiger partial charge in [0.25, 0.3) is 0 Å². The number of nitrogens with two attached hydrogens (primary N) is 2. The Balaban J connectivity index is 5.00. The van der Waals surface area contributed by atoms with E-state index in [0.29, 0.717) is 0 Å². The third-order valence-corrected chi connectivity index (χ3v) is 3.92. The highest BCUT2D eigenvalue weighted by atomic mass is 16.4. The number of carbonyl (C=O) groups is 5. The lowest BCUT2D eigenvalue weighted by atomic mass is 10.0. The van der Waals surface area contributed by atoms with Crippen LogP contribution in [-0.2, 0) is 24.0 Å². The van der Waals surface area contributed by atoms with Gasteiger partial charge in [-0.1, -0.05) is 13.8 Å². The van der Waals surface area contributed by atoms with Gasteiger partial charge in [-0.25, -0.2) is 4.79 Å². The summed E-state index contributed by atoms with van der Waals surface area (Å²) in [5.41, 5.74) is 10.4. The molecular formula is C17H31N5O7. The highest BCUT2D eigenvalue weighted by Gasteiger charge is 2.28. The number of nitrogens with one attached hydrogen (secondary N) is 3. The Kier molecular flexibility index (Phi) is 11.5. The number of rotatable bonds is 13. The number of carbonyl (C=O) groups excluding carboxylic acids is 4. The number of carboxylic acid groups (broad SMARTS) is 1. The first-order valence-corrected chi connectivity index (χ1v) is 9.17. The Labute approximate surface area is 168 Å². The number of hydrogen-bond acceptors (Lipinski definition) is 7. The normalized spacial score (nSPS) is 15.0. The van der Waals surface area contributed by atoms with Crippen molar-refractivity contribution in [3.63, 3.8) is 0 Å². The number of amides is 4. The lowest BCUT2D eigenvalue weighted by Crippen LogP contribution is -2.57. The van der Waals surface area contributed by atoms with Gasteiger partial charge in [0.05, 0.1) is 6.61 Å². The predicted octanol–water partition coefficient (Wildman–Crippen LogP) is -2.82. The zero-order chi connectivity index (χ0) is 22.7. The standard InChI is InChI=1S/C17H31N5O7/c1-8(2)6-12(22-15(26)10(18)7-23)16(27)20-9(3)14(25)21-11(17(28)29)4-5-13(19)24/h8-12,23H,4-7,18H2,1-3H3,(H2,19,24)(H,20,27)(H,21,25)(H,22,26)(H,28,29). The Morgan fingerprint density at radius 2 is 1.45 bits per heavy atom. The SMILES string of the molecule is CC(C)CC(NC(=O)C(N)CO)C(=O)NC(C)C(=O)NC(CCC(N)=O)C(=O)O. The lowest BCUT2D eigenvalue weighted by Gasteiger charge is -2.24. The van der Waals surface area contributed by atoms with Crippen LogP contribution in [0.15, 0.2) is 0 Å². The molecule has 0 bridgehead atoms. The molecule has 9 N–H and O–H groups in total. The van der Waals surface area contributed by atoms with Gasteiger partial charge in [0.15, 0.2) is 0 Å². The van der Waals surface area contributed by atoms with Crippen molar-refractivity contribution in [1.82, 2.24) is 16.0 Å². The zero-order valence-electron chi connectivity index (χ0n) is 16.8. The highest BCUT2D eigenvalue weighted by Crippen LogP contribution is 2.06. The molecule has 0 aromatic rings. The van der Waals surface area contributed by atoms with E-state index in [-0.39, 0.29) is 25.2 Å². The summed E-state index contributed by atoms with van der Waals surface area (Å²) in [6, 6.07) is -4.65. The lowest BCUT2D eigenvalue weighted by molar-refractivity contribution is -0.142. The molecule has 0 aromatic heterocycles. The molecule has 166 valence electrons. The first-order valence-electron chi connectivity index (χ1n) is 9.17. The Morgan fingerprint density at radius 1 is 0.897 bits per heavy atom. The van der Waals surface area contributed by atoms with Gasteiger partial charge in [-0.05, 0) is 25.7 Å². The van der Waals surface area contributed by atoms with Crippen molar-refractivity contribution in [2.24, 2.45) is 17.4 Å². The number of aliphatic carboxylic acids is 1. The summed E-state index contributed by atoms with van der Waals surface area (Å²) in [4.78, 5) is 58.6. The van der Waals surface area contributed by atoms with Crippen LogP contribution in [0.3, 0.4) is 0 Å². The molecule has 0 aliphatic heterocycles. The topological polar surface area (TPSA) is 214 Å². The van der Waals surface area contributed by atoms with Crippen LogP contribution in [0.4, 0.5) is 0 Å². The Hall–Kier alpha value is -2.73. The van der Waals surface area contributed by atoms with Crippen LogP contribution < -0.4 is 27.4 Å². The molecule has 0 spiro atoms. The van der Waals surface area contributed by atoms with E-state index in [0.717, 1.165) is 0 Å². The number of carboxylic acids is 1. The third-order valence-electron chi connectivity index (χ3n) is 3.92. The van der Waals surface area contributed by atoms with Crippen LogP contribution in [0.1, 0.15) is 40.0 Å². The number of aliphatic hydroxyl groups is 1. The summed E-state index contributed by atoms with van der Waals surface area (Å²) >= 11 is 0. The predicted molar refractivity (Wildman–Crippen MR) is 102 cm³/mol. The fraction of sp³-hybridized carbons (Fsp3) is 0.706. The van der Waals surface area contributed by atoms with E-state index in [1.54, 1.807) is 0 Å². The molecule has 0 saturated carbocycles. The summed E-state index contributed by atoms with van der Waals surface area (Å²) in [6.45, 7) is 4.39. The number of primary amides is 1. The smallest absolute Gasteiger partial charge is 0.326 e. The summed E-state index contributed by atoms with van der Waals surface area (Å²) in [6.07, 6.45) is -0.172. The highest BCUT2D eigenvalue weighted by molar-refractivity contribution is 5.94. The first-order chi connectivity index (χ1) is 13.4. The molecule has 4 amide bonds. The van der Waals surface area contributed by atoms with Gasteiger partial charge in [-0.2, -0.15) is 0 Å². The van der Waals surface area contributed by atoms with Gasteiger partial charge < -0.3 is 37.6 Å². The molecule has 12 nitrogen and oxygen atoms in total. The van der Waals surface area contributed by atoms with Gasteiger partial charge >= 0.3 is 5.97 Å². The van der Waals surface area contributed by atoms with Crippen molar-refractivity contribution in [1.29, 1.82) is 0 Å². The second-order valence-electron chi connectivity index (χ2n) is 7.11. The quantitative estimate of drug-likeness (QED) is 0.165. The minimum absolute atomic E-state index is 0.0192. The molecule has 0 saturated heterocycles. The second-order valence-corrected chi connectivity index (χ2v) is 7.11. The van der Waals surface area contributed by atoms with E-state index in [9.17, 15) is 24.0 Å². The van der Waals surface area contributed by atoms with Gasteiger partial charge in [0.2, 0.25) is 23.6 Å². The maximum Gasteiger partial charge on any atom is 0.326 e. The average molecular weight is 417 g/mol. The van der Waals surface area contributed by atoms with Crippen molar-refractivity contribution in [3.8, 4) is 0 Å². The maximum absolute atomic E-state index is 12.5. The molecule has 0 aromatic carbocycles. The largest absolute Gasteiger partial charge is 0.480 e. The van der Waals surface area contributed by atoms with Gasteiger partial charge in [-0.15, -0.1) is 0 Å². The van der Waals surface area contributed by atoms with Crippen molar-refractivity contribution >= 4 is 29.6 Å². The molecule has 4 unspecified atom stereocenters. The minimum atomic E-state index is -1.35. The summed E-state index contributed by atoms with van der Waals surface area (Å²) in [5, 5.41) is 25.1. The van der Waals surface area contributed by atoms with E-state index < -0.39 is 60.4 Å². The Morgan fingerprint density at radius 3 is 1.90 bits per heavy atom. The molecule has 0 fully saturated rings. The van der Waals surface area contributed by atoms with Crippen molar-refractivity contribution < 1.29 is 34.2 Å². The van der Waals surface area contributed by atoms with Crippen LogP contribution in [0.5, 0.6) is 0 Å². The van der Waals surface area contributed by atoms with E-state index in [2.05, 4.69) is 16.0 Å². The molecule has 12 heteroatoms. The van der Waals surface area contributed by atoms with Crippen molar-refractivity contribution in [2.45, 2.75) is 64.2 Å². The monoisotopic (exact) mass is 417 g/mol. The van der Waals surface area contributed by atoms with Crippen LogP contribution in [0.2, 0.25) is 0 Å². The van der Waals surface area contributed by atoms with Gasteiger partial charge in [0, 0.05) is 6.42 Å². The molecular weight excluding hydrogens is 386 g/mol. The zero-order valence-corrected chi connectivity index (χ0v) is 16.8. The first kappa shape index (κ1) is 26.3. The summed E-state index contributed by atoms with van der Waals surface area (Å²) in [7, 11) is 0. The van der Waals surface area contributed by atoms with Gasteiger partial charge in [0.1, 0.15) is 24.2 Å². The fourth-order valence-corrected chi connectivity index (χ4v) is 2.28. The second kappa shape index (κ2) is 12.7. The van der Waals surface area contributed by atoms with Crippen LogP contribution in [0, 0.1) is 5.92 Å². The van der Waals surface area contributed by atoms with E-state index >= 15 is 0 Å². The minimum Gasteiger partial charge on any atom is -0.480 e. The molecule has 0 radical (unpaired) electrons. The van der Waals surface area contributed by atoms with Crippen LogP contribution in [-0.4, -0.2) is 70.6 Å². The van der Waals surface area contributed by atoms with E-state index in [1.807, 2.05) is 13.8 Å². The molecule has 0 aliphatic carbocycles. The maximum atomic E-state index is 12.5. The average Bonchev–Trinajstić information content (AvgIpc) is 2.62. The van der Waals surface area contributed by atoms with Crippen LogP contribution in [0.25, 0.3) is 0 Å². The van der Waals surface area contributed by atoms with Crippen LogP contribution >= 0.6 is 0 Å². The molecule has 4 atom stereocenters. The van der Waals surface area contributed by atoms with Crippen molar-refractivity contribution in [2.75, 3.05) is 6.61 Å². The fourth-order valence-electron chi connectivity index (χ4n) is 2.28. The van der Waals surface area contributed by atoms with Gasteiger partial charge in [-0.3, -0.25) is 19.2 Å².